The van der Waals surface area contributed by atoms with Gasteiger partial charge in [0.2, 0.25) is 11.8 Å². The number of carbonyl (C=O) groups excluding carboxylic acids is 3. The maximum Gasteiger partial charge on any atom is 0.481 e. The van der Waals surface area contributed by atoms with Crippen molar-refractivity contribution >= 4 is 69.1 Å². The number of phosphoric acid groups is 3. The summed E-state index contributed by atoms with van der Waals surface area (Å²) in [4.78, 5) is 88.1. The van der Waals surface area contributed by atoms with Crippen LogP contribution >= 0.6 is 35.2 Å². The molecule has 2 amide bonds. The van der Waals surface area contributed by atoms with E-state index in [4.69, 9.17) is 19.5 Å². The molecule has 2 aromatic heterocycles. The number of carbonyl (C=O) groups is 3. The van der Waals surface area contributed by atoms with E-state index in [1.807, 2.05) is 6.92 Å². The molecule has 0 aromatic carbocycles. The summed E-state index contributed by atoms with van der Waals surface area (Å²) in [6.07, 6.45) is -3.06. The Labute approximate surface area is 330 Å². The Balaban J connectivity index is 1.48. The number of hydrogen-bond donors (Lipinski definition) is 9. The average Bonchev–Trinajstić information content (AvgIpc) is 3.67. The minimum absolute atomic E-state index is 0.0166. The van der Waals surface area contributed by atoms with Gasteiger partial charge >= 0.3 is 23.5 Å². The quantitative estimate of drug-likeness (QED) is 0.0397. The number of aliphatic hydroxyl groups excluding tert-OH is 2. The predicted octanol–water partition coefficient (Wildman–Crippen LogP) is 0.657. The minimum atomic E-state index is -5.57. The van der Waals surface area contributed by atoms with Gasteiger partial charge in [0, 0.05) is 36.6 Å². The molecule has 24 nitrogen and oxygen atoms in total. The van der Waals surface area contributed by atoms with Gasteiger partial charge in [-0.1, -0.05) is 45.0 Å². The first-order valence-corrected chi connectivity index (χ1v) is 22.7. The monoisotopic (exact) mass is 891 g/mol. The summed E-state index contributed by atoms with van der Waals surface area (Å²) in [6, 6.07) is 0. The highest BCUT2D eigenvalue weighted by Gasteiger charge is 2.50. The van der Waals surface area contributed by atoms with E-state index in [9.17, 15) is 57.9 Å². The fraction of sp³-hybridized carbons (Fsp3) is 0.655. The number of aliphatic hydroxyl groups is 2. The Bertz CT molecular complexity index is 1870. The second-order valence-corrected chi connectivity index (χ2v) is 18.6. The Kier molecular flexibility index (Phi) is 17.9. The molecule has 1 aliphatic rings. The largest absolute Gasteiger partial charge is 0.481 e. The average molecular weight is 892 g/mol. The van der Waals surface area contributed by atoms with Crippen molar-refractivity contribution in [3.63, 3.8) is 0 Å². The third-order valence-corrected chi connectivity index (χ3v) is 12.3. The van der Waals surface area contributed by atoms with Gasteiger partial charge in [0.1, 0.15) is 36.3 Å². The van der Waals surface area contributed by atoms with E-state index in [2.05, 4.69) is 41.0 Å². The molecule has 0 aliphatic carbocycles. The van der Waals surface area contributed by atoms with Crippen LogP contribution in [0, 0.1) is 11.3 Å². The maximum atomic E-state index is 12.7. The molecule has 0 bridgehead atoms. The van der Waals surface area contributed by atoms with Crippen LogP contribution in [0.15, 0.2) is 25.3 Å². The second-order valence-electron chi connectivity index (χ2n) is 13.2. The van der Waals surface area contributed by atoms with Crippen molar-refractivity contribution in [1.29, 1.82) is 0 Å². The second kappa shape index (κ2) is 21.0. The number of allylic oxidation sites excluding steroid dienone is 1. The SMILES string of the molecule is C=CCC(CCC)C(=O)SCCNC(=O)CCNC(=O)C(O)C(C)(C)COP(=O)(O)OP(=O)(O)OCC1OC(n2cnc3c(N)ncnc32)C(O)C1OP(=O)(O)O. The van der Waals surface area contributed by atoms with E-state index in [1.54, 1.807) is 6.08 Å². The third-order valence-electron chi connectivity index (χ3n) is 8.17. The number of nitrogens with zero attached hydrogens (tertiary/aromatic N) is 4. The zero-order valence-corrected chi connectivity index (χ0v) is 34.6. The van der Waals surface area contributed by atoms with Gasteiger partial charge in [-0.2, -0.15) is 4.31 Å². The molecule has 1 fully saturated rings. The number of fused-ring (bicyclic) bond motifs is 1. The number of nitrogens with one attached hydrogen (secondary N) is 2. The van der Waals surface area contributed by atoms with E-state index in [-0.39, 0.29) is 47.5 Å². The van der Waals surface area contributed by atoms with Crippen LogP contribution < -0.4 is 16.4 Å². The molecule has 0 spiro atoms. The number of rotatable bonds is 24. The lowest BCUT2D eigenvalue weighted by Gasteiger charge is -2.30. The van der Waals surface area contributed by atoms with Gasteiger partial charge in [-0.15, -0.1) is 6.58 Å². The summed E-state index contributed by atoms with van der Waals surface area (Å²) in [5, 5.41) is 26.4. The summed E-state index contributed by atoms with van der Waals surface area (Å²) < 4.78 is 62.1. The number of ether oxygens (including phenoxy) is 1. The first-order chi connectivity index (χ1) is 26.5. The molecule has 8 unspecified atom stereocenters. The van der Waals surface area contributed by atoms with Crippen LogP contribution in [0.2, 0.25) is 0 Å². The first kappa shape index (κ1) is 48.7. The summed E-state index contributed by atoms with van der Waals surface area (Å²) in [7, 11) is -16.4. The zero-order chi connectivity index (χ0) is 42.8. The number of nitrogen functional groups attached to an aromatic ring is 1. The summed E-state index contributed by atoms with van der Waals surface area (Å²) in [6.45, 7) is 6.15. The Morgan fingerprint density at radius 2 is 1.79 bits per heavy atom. The van der Waals surface area contributed by atoms with Crippen LogP contribution in [-0.2, 0) is 50.7 Å². The van der Waals surface area contributed by atoms with Gasteiger partial charge in [-0.25, -0.2) is 28.6 Å². The molecule has 28 heteroatoms. The van der Waals surface area contributed by atoms with Crippen LogP contribution in [0.4, 0.5) is 5.82 Å². The summed E-state index contributed by atoms with van der Waals surface area (Å²) >= 11 is 1.11. The number of phosphoric ester groups is 3. The van der Waals surface area contributed by atoms with Crippen molar-refractivity contribution in [3.05, 3.63) is 25.3 Å². The van der Waals surface area contributed by atoms with Crippen molar-refractivity contribution in [2.24, 2.45) is 11.3 Å². The van der Waals surface area contributed by atoms with Gasteiger partial charge in [0.25, 0.3) is 0 Å². The summed E-state index contributed by atoms with van der Waals surface area (Å²) in [5.74, 6) is -1.23. The highest BCUT2D eigenvalue weighted by atomic mass is 32.2. The number of thioether (sulfide) groups is 1. The highest BCUT2D eigenvalue weighted by Crippen LogP contribution is 2.61. The molecule has 0 radical (unpaired) electrons. The van der Waals surface area contributed by atoms with Gasteiger partial charge in [0.05, 0.1) is 19.5 Å². The number of aromatic nitrogens is 4. The Hall–Kier alpha value is -2.70. The molecular formula is C29H48N7O17P3S. The Morgan fingerprint density at radius 1 is 1.11 bits per heavy atom. The van der Waals surface area contributed by atoms with Gasteiger partial charge in [-0.3, -0.25) is 32.5 Å². The number of nitrogens with two attached hydrogens (primary N) is 1. The van der Waals surface area contributed by atoms with E-state index in [0.29, 0.717) is 12.2 Å². The van der Waals surface area contributed by atoms with Crippen molar-refractivity contribution in [1.82, 2.24) is 30.2 Å². The normalized spacial score (nSPS) is 22.0. The highest BCUT2D eigenvalue weighted by molar-refractivity contribution is 8.13. The minimum Gasteiger partial charge on any atom is -0.386 e. The summed E-state index contributed by atoms with van der Waals surface area (Å²) in [5.41, 5.74) is 4.26. The van der Waals surface area contributed by atoms with Crippen LogP contribution in [0.3, 0.4) is 0 Å². The molecule has 3 rings (SSSR count). The lowest BCUT2D eigenvalue weighted by molar-refractivity contribution is -0.137. The zero-order valence-electron chi connectivity index (χ0n) is 31.1. The first-order valence-electron chi connectivity index (χ1n) is 17.2. The smallest absolute Gasteiger partial charge is 0.386 e. The van der Waals surface area contributed by atoms with E-state index in [0.717, 1.165) is 41.8 Å². The molecule has 0 saturated carbocycles. The fourth-order valence-corrected chi connectivity index (χ4v) is 8.97. The van der Waals surface area contributed by atoms with Crippen molar-refractivity contribution < 1.29 is 80.5 Å². The van der Waals surface area contributed by atoms with Gasteiger partial charge in [-0.05, 0) is 12.8 Å². The number of anilines is 1. The van der Waals surface area contributed by atoms with Crippen molar-refractivity contribution in [2.75, 3.05) is 37.8 Å². The molecule has 10 N–H and O–H groups in total. The molecule has 322 valence electrons. The van der Waals surface area contributed by atoms with Crippen molar-refractivity contribution in [2.45, 2.75) is 77.1 Å². The van der Waals surface area contributed by atoms with Gasteiger partial charge < -0.3 is 50.9 Å². The van der Waals surface area contributed by atoms with Crippen LogP contribution in [0.1, 0.15) is 52.7 Å². The number of imidazole rings is 1. The number of amides is 2. The molecule has 2 aromatic rings. The molecule has 57 heavy (non-hydrogen) atoms. The van der Waals surface area contributed by atoms with E-state index < -0.39 is 84.6 Å². The maximum absolute atomic E-state index is 12.7. The lowest BCUT2D eigenvalue weighted by Crippen LogP contribution is -2.46. The van der Waals surface area contributed by atoms with Gasteiger partial charge in [0.15, 0.2) is 22.8 Å². The molecule has 1 aliphatic heterocycles. The molecule has 1 saturated heterocycles. The molecular weight excluding hydrogens is 843 g/mol. The standard InChI is InChI=1S/C29H48N7O17P3S/c1-5-7-17(8-6-2)28(41)57-12-11-31-19(37)9-10-32-26(40)23(39)29(3,4)14-50-56(47,48)53-55(45,46)49-13-18-22(52-54(42,43)44)21(38)27(51-18)36-16-35-20-24(30)33-15-34-25(20)36/h5,15-18,21-23,27,38-39H,1,6-14H2,2-4H3,(H,31,37)(H,32,40)(H,45,46)(H,47,48)(H2,30,33,34)(H2,42,43,44). The van der Waals surface area contributed by atoms with Crippen molar-refractivity contribution in [3.8, 4) is 0 Å². The lowest BCUT2D eigenvalue weighted by atomic mass is 9.87. The van der Waals surface area contributed by atoms with E-state index in [1.165, 1.54) is 13.8 Å². The third kappa shape index (κ3) is 14.8. The van der Waals surface area contributed by atoms with Crippen LogP contribution in [0.25, 0.3) is 11.2 Å². The molecule has 8 atom stereocenters. The number of hydrogen-bond acceptors (Lipinski definition) is 18. The van der Waals surface area contributed by atoms with Crippen LogP contribution in [-0.4, -0.2) is 123 Å². The fourth-order valence-electron chi connectivity index (χ4n) is 5.28. The van der Waals surface area contributed by atoms with E-state index >= 15 is 0 Å². The van der Waals surface area contributed by atoms with Crippen LogP contribution in [0.5, 0.6) is 0 Å². The Morgan fingerprint density at radius 3 is 2.44 bits per heavy atom. The predicted molar refractivity (Wildman–Crippen MR) is 200 cm³/mol. The topological polar surface area (TPSA) is 364 Å². The molecule has 3 heterocycles.